The Hall–Kier alpha value is -0.480. The van der Waals surface area contributed by atoms with Gasteiger partial charge in [0, 0.05) is 0 Å². The summed E-state index contributed by atoms with van der Waals surface area (Å²) in [6, 6.07) is 0. The van der Waals surface area contributed by atoms with Crippen LogP contribution in [0.3, 0.4) is 0 Å². The van der Waals surface area contributed by atoms with Crippen molar-refractivity contribution in [2.75, 3.05) is 6.61 Å². The Labute approximate surface area is 31.6 Å². The van der Waals surface area contributed by atoms with Crippen molar-refractivity contribution < 1.29 is 5.11 Å². The SMILES string of the molecule is C#CCC[O-]. The van der Waals surface area contributed by atoms with E-state index in [-0.39, 0.29) is 6.61 Å². The minimum atomic E-state index is -0.142. The number of terminal acetylenes is 1. The smallest absolute Gasteiger partial charge is 0.00676 e. The topological polar surface area (TPSA) is 23.1 Å². The predicted octanol–water partition coefficient (Wildman–Crippen LogP) is -0.630. The molecule has 0 aliphatic carbocycles. The predicted molar refractivity (Wildman–Crippen MR) is 18.3 cm³/mol. The van der Waals surface area contributed by atoms with Crippen LogP contribution in [0.25, 0.3) is 0 Å². The second-order valence-corrected chi connectivity index (χ2v) is 0.658. The van der Waals surface area contributed by atoms with Gasteiger partial charge in [-0.15, -0.1) is 19.0 Å². The minimum absolute atomic E-state index is 0.142. The van der Waals surface area contributed by atoms with Crippen LogP contribution < -0.4 is 5.11 Å². The van der Waals surface area contributed by atoms with E-state index in [1.807, 2.05) is 0 Å². The fourth-order valence-electron chi connectivity index (χ4n) is 0.0589. The van der Waals surface area contributed by atoms with E-state index in [1.165, 1.54) is 0 Å². The summed E-state index contributed by atoms with van der Waals surface area (Å²) >= 11 is 0. The molecule has 0 aliphatic rings. The van der Waals surface area contributed by atoms with Crippen molar-refractivity contribution in [3.8, 4) is 12.3 Å². The van der Waals surface area contributed by atoms with Gasteiger partial charge in [-0.2, -0.15) is 0 Å². The van der Waals surface area contributed by atoms with Gasteiger partial charge in [-0.05, 0) is 6.42 Å². The lowest BCUT2D eigenvalue weighted by atomic mass is 10.5. The van der Waals surface area contributed by atoms with Crippen molar-refractivity contribution in [2.45, 2.75) is 6.42 Å². The second-order valence-electron chi connectivity index (χ2n) is 0.658. The summed E-state index contributed by atoms with van der Waals surface area (Å²) in [5.74, 6) is 2.20. The minimum Gasteiger partial charge on any atom is -0.854 e. The molecule has 0 rings (SSSR count). The van der Waals surface area contributed by atoms with E-state index in [2.05, 4.69) is 12.3 Å². The Morgan fingerprint density at radius 1 is 1.80 bits per heavy atom. The maximum Gasteiger partial charge on any atom is -0.00676 e. The van der Waals surface area contributed by atoms with Crippen molar-refractivity contribution in [2.24, 2.45) is 0 Å². The maximum atomic E-state index is 9.39. The van der Waals surface area contributed by atoms with Gasteiger partial charge >= 0.3 is 0 Å². The zero-order valence-electron chi connectivity index (χ0n) is 2.90. The van der Waals surface area contributed by atoms with Crippen molar-refractivity contribution in [3.05, 3.63) is 0 Å². The van der Waals surface area contributed by atoms with E-state index in [1.54, 1.807) is 0 Å². The zero-order chi connectivity index (χ0) is 4.12. The molecule has 5 heavy (non-hydrogen) atoms. The first-order valence-corrected chi connectivity index (χ1v) is 1.43. The summed E-state index contributed by atoms with van der Waals surface area (Å²) in [7, 11) is 0. The fourth-order valence-corrected chi connectivity index (χ4v) is 0.0589. The van der Waals surface area contributed by atoms with Gasteiger partial charge in [-0.3, -0.25) is 0 Å². The third-order valence-electron chi connectivity index (χ3n) is 0.246. The van der Waals surface area contributed by atoms with Gasteiger partial charge in [0.05, 0.1) is 0 Å². The van der Waals surface area contributed by atoms with Crippen LogP contribution in [-0.4, -0.2) is 6.61 Å². The average Bonchev–Trinajstić information content (AvgIpc) is 1.41. The quantitative estimate of drug-likeness (QED) is 0.376. The van der Waals surface area contributed by atoms with Crippen molar-refractivity contribution in [3.63, 3.8) is 0 Å². The van der Waals surface area contributed by atoms with Crippen LogP contribution in [0.15, 0.2) is 0 Å². The molecule has 0 unspecified atom stereocenters. The Balaban J connectivity index is 2.48. The molecule has 0 aromatic rings. The number of hydrogen-bond donors (Lipinski definition) is 0. The standard InChI is InChI=1S/C4H5O/c1-2-3-4-5/h1H,3-4H2/q-1. The summed E-state index contributed by atoms with van der Waals surface area (Å²) in [6.07, 6.45) is 5.05. The van der Waals surface area contributed by atoms with E-state index in [9.17, 15) is 5.11 Å². The Morgan fingerprint density at radius 3 is 2.40 bits per heavy atom. The molecule has 1 heteroatoms. The number of rotatable bonds is 1. The first kappa shape index (κ1) is 4.52. The summed E-state index contributed by atoms with van der Waals surface area (Å²) in [5, 5.41) is 9.39. The molecule has 0 radical (unpaired) electrons. The summed E-state index contributed by atoms with van der Waals surface area (Å²) in [4.78, 5) is 0. The Kier molecular flexibility index (Phi) is 3.18. The highest BCUT2D eigenvalue weighted by atomic mass is 16.2. The Bertz CT molecular complexity index is 42.1. The van der Waals surface area contributed by atoms with Gasteiger partial charge in [0.1, 0.15) is 0 Å². The van der Waals surface area contributed by atoms with Crippen LogP contribution in [-0.2, 0) is 0 Å². The van der Waals surface area contributed by atoms with Gasteiger partial charge in [0.15, 0.2) is 0 Å². The Morgan fingerprint density at radius 2 is 2.40 bits per heavy atom. The lowest BCUT2D eigenvalue weighted by molar-refractivity contribution is -0.365. The lowest BCUT2D eigenvalue weighted by Crippen LogP contribution is -2.02. The van der Waals surface area contributed by atoms with E-state index in [0.29, 0.717) is 6.42 Å². The first-order valence-electron chi connectivity index (χ1n) is 1.43. The van der Waals surface area contributed by atoms with Crippen molar-refractivity contribution in [1.82, 2.24) is 0 Å². The molecule has 0 aromatic carbocycles. The average molecular weight is 69.1 g/mol. The summed E-state index contributed by atoms with van der Waals surface area (Å²) in [5.41, 5.74) is 0. The molecule has 0 aliphatic heterocycles. The van der Waals surface area contributed by atoms with Crippen molar-refractivity contribution in [1.29, 1.82) is 0 Å². The molecular weight excluding hydrogens is 64.0 g/mol. The maximum absolute atomic E-state index is 9.39. The molecule has 0 fully saturated rings. The van der Waals surface area contributed by atoms with Gasteiger partial charge in [0.2, 0.25) is 0 Å². The van der Waals surface area contributed by atoms with Gasteiger partial charge < -0.3 is 5.11 Å². The molecule has 0 amide bonds. The van der Waals surface area contributed by atoms with Crippen LogP contribution in [0.2, 0.25) is 0 Å². The summed E-state index contributed by atoms with van der Waals surface area (Å²) in [6.45, 7) is -0.142. The van der Waals surface area contributed by atoms with Crippen LogP contribution in [0.1, 0.15) is 6.42 Å². The third-order valence-corrected chi connectivity index (χ3v) is 0.246. The first-order chi connectivity index (χ1) is 2.41. The van der Waals surface area contributed by atoms with Gasteiger partial charge in [-0.1, -0.05) is 0 Å². The third kappa shape index (κ3) is 3.52. The molecule has 0 heterocycles. The second kappa shape index (κ2) is 3.52. The molecular formula is C4H5O-. The van der Waals surface area contributed by atoms with Crippen LogP contribution >= 0.6 is 0 Å². The molecule has 0 bridgehead atoms. The molecule has 0 aromatic heterocycles. The molecule has 0 saturated carbocycles. The zero-order valence-corrected chi connectivity index (χ0v) is 2.90. The highest BCUT2D eigenvalue weighted by Gasteiger charge is 1.52. The van der Waals surface area contributed by atoms with Crippen LogP contribution in [0.4, 0.5) is 0 Å². The molecule has 1 nitrogen and oxygen atoms in total. The van der Waals surface area contributed by atoms with Gasteiger partial charge in [-0.25, -0.2) is 0 Å². The van der Waals surface area contributed by atoms with E-state index in [4.69, 9.17) is 0 Å². The lowest BCUT2D eigenvalue weighted by Gasteiger charge is -1.89. The fraction of sp³-hybridized carbons (Fsp3) is 0.500. The normalized spacial score (nSPS) is 6.40. The summed E-state index contributed by atoms with van der Waals surface area (Å²) < 4.78 is 0. The molecule has 0 spiro atoms. The van der Waals surface area contributed by atoms with Gasteiger partial charge in [0.25, 0.3) is 0 Å². The molecule has 28 valence electrons. The largest absolute Gasteiger partial charge is 0.854 e. The van der Waals surface area contributed by atoms with E-state index >= 15 is 0 Å². The van der Waals surface area contributed by atoms with E-state index in [0.717, 1.165) is 0 Å². The monoisotopic (exact) mass is 69.0 g/mol. The van der Waals surface area contributed by atoms with Crippen molar-refractivity contribution >= 4 is 0 Å². The van der Waals surface area contributed by atoms with Crippen LogP contribution in [0, 0.1) is 12.3 Å². The molecule has 0 N–H and O–H groups in total. The molecule has 0 saturated heterocycles. The number of hydrogen-bond acceptors (Lipinski definition) is 1. The highest BCUT2D eigenvalue weighted by Crippen LogP contribution is 1.58. The highest BCUT2D eigenvalue weighted by molar-refractivity contribution is 4.81. The van der Waals surface area contributed by atoms with Crippen LogP contribution in [0.5, 0.6) is 0 Å². The molecule has 0 atom stereocenters. The van der Waals surface area contributed by atoms with E-state index < -0.39 is 0 Å².